The molecule has 0 saturated heterocycles. The van der Waals surface area contributed by atoms with Crippen LogP contribution >= 0.6 is 11.3 Å². The Morgan fingerprint density at radius 2 is 2.00 bits per heavy atom. The Labute approximate surface area is 113 Å². The van der Waals surface area contributed by atoms with Crippen molar-refractivity contribution >= 4 is 22.4 Å². The molecule has 0 radical (unpaired) electrons. The molecule has 0 unspecified atom stereocenters. The number of nitrogens with two attached hydrogens (primary N) is 1. The van der Waals surface area contributed by atoms with Gasteiger partial charge < -0.3 is 11.1 Å². The molecule has 3 N–H and O–H groups in total. The molecule has 0 aliphatic carbocycles. The molecule has 0 atom stereocenters. The number of anilines is 1. The zero-order valence-corrected chi connectivity index (χ0v) is 12.6. The number of amides is 1. The van der Waals surface area contributed by atoms with Gasteiger partial charge >= 0.3 is 0 Å². The standard InChI is InChI=1S/C13H23N3OS/c1-12(2,3)8-13(4,5)16-10(17)6-9-7-18-11(14)15-9/h7H,6,8H2,1-5H3,(H2,14,15)(H,16,17). The summed E-state index contributed by atoms with van der Waals surface area (Å²) in [7, 11) is 0. The number of rotatable bonds is 4. The van der Waals surface area contributed by atoms with Crippen LogP contribution in [0.4, 0.5) is 5.13 Å². The van der Waals surface area contributed by atoms with Crippen molar-refractivity contribution in [2.45, 2.75) is 53.0 Å². The summed E-state index contributed by atoms with van der Waals surface area (Å²) in [6.07, 6.45) is 1.21. The molecule has 0 saturated carbocycles. The van der Waals surface area contributed by atoms with Crippen LogP contribution in [0.1, 0.15) is 46.7 Å². The number of hydrogen-bond acceptors (Lipinski definition) is 4. The molecule has 0 bridgehead atoms. The SMILES string of the molecule is CC(C)(C)CC(C)(C)NC(=O)Cc1csc(N)n1. The summed E-state index contributed by atoms with van der Waals surface area (Å²) < 4.78 is 0. The van der Waals surface area contributed by atoms with Gasteiger partial charge in [-0.05, 0) is 25.7 Å². The minimum Gasteiger partial charge on any atom is -0.375 e. The number of hydrogen-bond donors (Lipinski definition) is 2. The molecular formula is C13H23N3OS. The highest BCUT2D eigenvalue weighted by molar-refractivity contribution is 7.13. The van der Waals surface area contributed by atoms with Crippen LogP contribution in [-0.2, 0) is 11.2 Å². The van der Waals surface area contributed by atoms with Gasteiger partial charge in [-0.2, -0.15) is 0 Å². The maximum atomic E-state index is 11.9. The van der Waals surface area contributed by atoms with Crippen molar-refractivity contribution in [2.24, 2.45) is 5.41 Å². The largest absolute Gasteiger partial charge is 0.375 e. The van der Waals surface area contributed by atoms with E-state index < -0.39 is 0 Å². The second-order valence-corrected chi connectivity index (χ2v) is 7.41. The first-order valence-electron chi connectivity index (χ1n) is 6.08. The van der Waals surface area contributed by atoms with E-state index in [4.69, 9.17) is 5.73 Å². The molecule has 18 heavy (non-hydrogen) atoms. The molecule has 0 fully saturated rings. The highest BCUT2D eigenvalue weighted by atomic mass is 32.1. The normalized spacial score (nSPS) is 12.5. The van der Waals surface area contributed by atoms with Gasteiger partial charge in [0.15, 0.2) is 5.13 Å². The topological polar surface area (TPSA) is 68.0 Å². The first kappa shape index (κ1) is 15.0. The maximum absolute atomic E-state index is 11.9. The lowest BCUT2D eigenvalue weighted by molar-refractivity contribution is -0.122. The fraction of sp³-hybridized carbons (Fsp3) is 0.692. The van der Waals surface area contributed by atoms with Crippen molar-refractivity contribution in [1.29, 1.82) is 0 Å². The fourth-order valence-electron chi connectivity index (χ4n) is 2.36. The Morgan fingerprint density at radius 3 is 2.44 bits per heavy atom. The van der Waals surface area contributed by atoms with Gasteiger partial charge in [-0.3, -0.25) is 4.79 Å². The van der Waals surface area contributed by atoms with E-state index >= 15 is 0 Å². The zero-order chi connectivity index (χ0) is 14.0. The van der Waals surface area contributed by atoms with Gasteiger partial charge in [0, 0.05) is 10.9 Å². The van der Waals surface area contributed by atoms with Crippen LogP contribution in [0.3, 0.4) is 0 Å². The Balaban J connectivity index is 2.54. The van der Waals surface area contributed by atoms with Crippen LogP contribution in [0, 0.1) is 5.41 Å². The first-order valence-corrected chi connectivity index (χ1v) is 6.96. The third kappa shape index (κ3) is 5.49. The zero-order valence-electron chi connectivity index (χ0n) is 11.8. The Kier molecular flexibility index (Phi) is 4.37. The van der Waals surface area contributed by atoms with Crippen LogP contribution < -0.4 is 11.1 Å². The second kappa shape index (κ2) is 5.26. The lowest BCUT2D eigenvalue weighted by Crippen LogP contribution is -2.46. The minimum atomic E-state index is -0.211. The van der Waals surface area contributed by atoms with Crippen LogP contribution in [0.2, 0.25) is 0 Å². The van der Waals surface area contributed by atoms with E-state index in [1.807, 2.05) is 19.2 Å². The van der Waals surface area contributed by atoms with Crippen LogP contribution in [0.25, 0.3) is 0 Å². The number of carbonyl (C=O) groups is 1. The average Bonchev–Trinajstić information content (AvgIpc) is 2.44. The molecule has 5 heteroatoms. The van der Waals surface area contributed by atoms with E-state index in [1.165, 1.54) is 11.3 Å². The first-order chi connectivity index (χ1) is 8.07. The lowest BCUT2D eigenvalue weighted by Gasteiger charge is -2.33. The summed E-state index contributed by atoms with van der Waals surface area (Å²) in [6.45, 7) is 10.6. The van der Waals surface area contributed by atoms with Gasteiger partial charge in [0.25, 0.3) is 0 Å². The second-order valence-electron chi connectivity index (χ2n) is 6.52. The van der Waals surface area contributed by atoms with Crippen molar-refractivity contribution in [3.8, 4) is 0 Å². The molecule has 0 aliphatic rings. The van der Waals surface area contributed by atoms with E-state index in [0.717, 1.165) is 12.1 Å². The maximum Gasteiger partial charge on any atom is 0.226 e. The van der Waals surface area contributed by atoms with Crippen molar-refractivity contribution in [1.82, 2.24) is 10.3 Å². The van der Waals surface area contributed by atoms with Crippen molar-refractivity contribution in [2.75, 3.05) is 5.73 Å². The average molecular weight is 269 g/mol. The van der Waals surface area contributed by atoms with Crippen molar-refractivity contribution < 1.29 is 4.79 Å². The fourth-order valence-corrected chi connectivity index (χ4v) is 2.92. The summed E-state index contributed by atoms with van der Waals surface area (Å²) in [4.78, 5) is 16.0. The predicted molar refractivity (Wildman–Crippen MR) is 76.5 cm³/mol. The highest BCUT2D eigenvalue weighted by Crippen LogP contribution is 2.26. The van der Waals surface area contributed by atoms with Gasteiger partial charge in [0.1, 0.15) is 0 Å². The van der Waals surface area contributed by atoms with E-state index in [0.29, 0.717) is 11.6 Å². The summed E-state index contributed by atoms with van der Waals surface area (Å²) in [5.74, 6) is -0.00505. The van der Waals surface area contributed by atoms with Crippen LogP contribution in [0.5, 0.6) is 0 Å². The molecular weight excluding hydrogens is 246 g/mol. The third-order valence-corrected chi connectivity index (χ3v) is 3.08. The number of thiazole rings is 1. The number of aromatic nitrogens is 1. The summed E-state index contributed by atoms with van der Waals surface area (Å²) >= 11 is 1.36. The van der Waals surface area contributed by atoms with E-state index in [9.17, 15) is 4.79 Å². The quantitative estimate of drug-likeness (QED) is 0.883. The number of carbonyl (C=O) groups excluding carboxylic acids is 1. The predicted octanol–water partition coefficient (Wildman–Crippen LogP) is 2.60. The Hall–Kier alpha value is -1.10. The van der Waals surface area contributed by atoms with Gasteiger partial charge in [-0.1, -0.05) is 20.8 Å². The Bertz CT molecular complexity index is 418. The van der Waals surface area contributed by atoms with Crippen molar-refractivity contribution in [3.63, 3.8) is 0 Å². The summed E-state index contributed by atoms with van der Waals surface area (Å²) in [6, 6.07) is 0. The number of nitrogens with zero attached hydrogens (tertiary/aromatic N) is 1. The minimum absolute atomic E-state index is 0.00505. The highest BCUT2D eigenvalue weighted by Gasteiger charge is 2.27. The van der Waals surface area contributed by atoms with Gasteiger partial charge in [0.2, 0.25) is 5.91 Å². The smallest absolute Gasteiger partial charge is 0.226 e. The molecule has 1 aromatic rings. The monoisotopic (exact) mass is 269 g/mol. The van der Waals surface area contributed by atoms with Crippen LogP contribution in [-0.4, -0.2) is 16.4 Å². The molecule has 0 aliphatic heterocycles. The van der Waals surface area contributed by atoms with E-state index in [2.05, 4.69) is 31.1 Å². The summed E-state index contributed by atoms with van der Waals surface area (Å²) in [5, 5.41) is 5.39. The molecule has 1 rings (SSSR count). The van der Waals surface area contributed by atoms with Crippen molar-refractivity contribution in [3.05, 3.63) is 11.1 Å². The van der Waals surface area contributed by atoms with E-state index in [1.54, 1.807) is 0 Å². The Morgan fingerprint density at radius 1 is 1.39 bits per heavy atom. The van der Waals surface area contributed by atoms with E-state index in [-0.39, 0.29) is 16.9 Å². The van der Waals surface area contributed by atoms with Crippen LogP contribution in [0.15, 0.2) is 5.38 Å². The molecule has 0 spiro atoms. The van der Waals surface area contributed by atoms with Gasteiger partial charge in [-0.25, -0.2) is 4.98 Å². The molecule has 4 nitrogen and oxygen atoms in total. The van der Waals surface area contributed by atoms with Gasteiger partial charge in [-0.15, -0.1) is 11.3 Å². The summed E-state index contributed by atoms with van der Waals surface area (Å²) in [5.41, 5.74) is 6.25. The number of nitrogens with one attached hydrogen (secondary N) is 1. The molecule has 0 aromatic carbocycles. The molecule has 102 valence electrons. The molecule has 1 aromatic heterocycles. The lowest BCUT2D eigenvalue weighted by atomic mass is 9.82. The van der Waals surface area contributed by atoms with Gasteiger partial charge in [0.05, 0.1) is 12.1 Å². The number of nitrogen functional groups attached to an aromatic ring is 1. The third-order valence-electron chi connectivity index (χ3n) is 2.36. The molecule has 1 heterocycles. The molecule has 1 amide bonds.